The lowest BCUT2D eigenvalue weighted by atomic mass is 9.74. The Morgan fingerprint density at radius 2 is 1.75 bits per heavy atom. The maximum Gasteiger partial charge on any atom is 0.0405 e. The average molecular weight is 217 g/mol. The molecule has 1 heteroatoms. The molecular weight excluding hydrogens is 194 g/mol. The van der Waals surface area contributed by atoms with Crippen LogP contribution in [0.15, 0.2) is 12.1 Å². The summed E-state index contributed by atoms with van der Waals surface area (Å²) in [6, 6.07) is 4.47. The maximum absolute atomic E-state index is 3.63. The average Bonchev–Trinajstić information content (AvgIpc) is 2.22. The molecule has 1 heterocycles. The number of fused-ring (bicyclic) bond motifs is 1. The Balaban J connectivity index is 2.37. The summed E-state index contributed by atoms with van der Waals surface area (Å²) < 4.78 is 0. The van der Waals surface area contributed by atoms with Crippen molar-refractivity contribution in [3.63, 3.8) is 0 Å². The minimum absolute atomic E-state index is 0.390. The lowest BCUT2D eigenvalue weighted by Gasteiger charge is -2.37. The van der Waals surface area contributed by atoms with Gasteiger partial charge in [-0.25, -0.2) is 0 Å². The zero-order chi connectivity index (χ0) is 11.9. The van der Waals surface area contributed by atoms with Gasteiger partial charge in [0, 0.05) is 12.2 Å². The third kappa shape index (κ3) is 1.95. The van der Waals surface area contributed by atoms with Crippen LogP contribution in [0, 0.1) is 25.2 Å². The van der Waals surface area contributed by atoms with Crippen LogP contribution in [0.4, 0.5) is 5.69 Å². The van der Waals surface area contributed by atoms with Gasteiger partial charge in [-0.2, -0.15) is 0 Å². The van der Waals surface area contributed by atoms with Crippen molar-refractivity contribution in [2.75, 3.05) is 11.9 Å². The van der Waals surface area contributed by atoms with Crippen molar-refractivity contribution in [1.29, 1.82) is 0 Å². The molecule has 1 aliphatic rings. The van der Waals surface area contributed by atoms with Gasteiger partial charge in [-0.1, -0.05) is 32.9 Å². The maximum atomic E-state index is 3.63. The molecule has 1 aliphatic heterocycles. The summed E-state index contributed by atoms with van der Waals surface area (Å²) in [5.41, 5.74) is 6.13. The van der Waals surface area contributed by atoms with E-state index >= 15 is 0 Å². The number of anilines is 1. The number of aryl methyl sites for hydroxylation is 2. The molecule has 0 bridgehead atoms. The van der Waals surface area contributed by atoms with Gasteiger partial charge in [0.25, 0.3) is 0 Å². The van der Waals surface area contributed by atoms with Gasteiger partial charge in [0.15, 0.2) is 0 Å². The number of benzene rings is 1. The topological polar surface area (TPSA) is 12.0 Å². The number of nitrogens with one attached hydrogen (secondary N) is 1. The number of hydrogen-bond donors (Lipinski definition) is 1. The summed E-state index contributed by atoms with van der Waals surface area (Å²) in [5.74, 6) is 0.737. The highest BCUT2D eigenvalue weighted by atomic mass is 14.9. The molecule has 2 rings (SSSR count). The second-order valence-electron chi connectivity index (χ2n) is 6.20. The first-order valence-corrected chi connectivity index (χ1v) is 6.22. The summed E-state index contributed by atoms with van der Waals surface area (Å²) >= 11 is 0. The largest absolute Gasteiger partial charge is 0.384 e. The van der Waals surface area contributed by atoms with Crippen LogP contribution in [0.5, 0.6) is 0 Å². The molecular formula is C15H23N. The summed E-state index contributed by atoms with van der Waals surface area (Å²) in [6.07, 6.45) is 1.22. The van der Waals surface area contributed by atoms with E-state index in [9.17, 15) is 0 Å². The first-order chi connectivity index (χ1) is 7.39. The van der Waals surface area contributed by atoms with Crippen molar-refractivity contribution in [1.82, 2.24) is 0 Å². The van der Waals surface area contributed by atoms with Gasteiger partial charge in [0.1, 0.15) is 0 Å². The molecule has 16 heavy (non-hydrogen) atoms. The Morgan fingerprint density at radius 1 is 1.12 bits per heavy atom. The van der Waals surface area contributed by atoms with Gasteiger partial charge in [-0.3, -0.25) is 0 Å². The molecule has 1 N–H and O–H groups in total. The smallest absolute Gasteiger partial charge is 0.0405 e. The Morgan fingerprint density at radius 3 is 2.38 bits per heavy atom. The van der Waals surface area contributed by atoms with Gasteiger partial charge < -0.3 is 5.32 Å². The molecule has 1 aromatic rings. The van der Waals surface area contributed by atoms with E-state index in [1.165, 1.54) is 28.8 Å². The lowest BCUT2D eigenvalue weighted by Crippen LogP contribution is -2.33. The summed E-state index contributed by atoms with van der Waals surface area (Å²) in [5, 5.41) is 3.63. The van der Waals surface area contributed by atoms with Crippen LogP contribution in [0.1, 0.15) is 37.5 Å². The molecule has 0 saturated carbocycles. The fourth-order valence-electron chi connectivity index (χ4n) is 2.53. The Hall–Kier alpha value is -0.980. The van der Waals surface area contributed by atoms with E-state index in [-0.39, 0.29) is 0 Å². The van der Waals surface area contributed by atoms with Crippen LogP contribution in [0.2, 0.25) is 0 Å². The first-order valence-electron chi connectivity index (χ1n) is 6.22. The zero-order valence-corrected chi connectivity index (χ0v) is 11.1. The van der Waals surface area contributed by atoms with Crippen molar-refractivity contribution in [2.45, 2.75) is 41.0 Å². The molecule has 0 amide bonds. The zero-order valence-electron chi connectivity index (χ0n) is 11.1. The SMILES string of the molecule is Cc1ccc(C)c2c1CC(C(C)(C)C)CN2. The van der Waals surface area contributed by atoms with E-state index in [4.69, 9.17) is 0 Å². The molecule has 1 nitrogen and oxygen atoms in total. The Labute approximate surface area is 99.3 Å². The molecule has 88 valence electrons. The predicted molar refractivity (Wildman–Crippen MR) is 71.1 cm³/mol. The first kappa shape index (κ1) is 11.5. The van der Waals surface area contributed by atoms with E-state index in [1.54, 1.807) is 0 Å². The lowest BCUT2D eigenvalue weighted by molar-refractivity contribution is 0.247. The fraction of sp³-hybridized carbons (Fsp3) is 0.600. The van der Waals surface area contributed by atoms with Gasteiger partial charge >= 0.3 is 0 Å². The van der Waals surface area contributed by atoms with Crippen LogP contribution in [-0.2, 0) is 6.42 Å². The minimum Gasteiger partial charge on any atom is -0.384 e. The van der Waals surface area contributed by atoms with Gasteiger partial charge in [-0.05, 0) is 48.3 Å². The van der Waals surface area contributed by atoms with Crippen LogP contribution in [0.3, 0.4) is 0 Å². The van der Waals surface area contributed by atoms with Crippen molar-refractivity contribution in [2.24, 2.45) is 11.3 Å². The Kier molecular flexibility index (Phi) is 2.73. The number of rotatable bonds is 0. The predicted octanol–water partition coefficient (Wildman–Crippen LogP) is 3.93. The third-order valence-corrected chi connectivity index (χ3v) is 3.96. The van der Waals surface area contributed by atoms with Gasteiger partial charge in [-0.15, -0.1) is 0 Å². The molecule has 1 unspecified atom stereocenters. The van der Waals surface area contributed by atoms with Crippen molar-refractivity contribution in [3.8, 4) is 0 Å². The van der Waals surface area contributed by atoms with Crippen LogP contribution in [-0.4, -0.2) is 6.54 Å². The van der Waals surface area contributed by atoms with E-state index in [1.807, 2.05) is 0 Å². The molecule has 0 aromatic heterocycles. The van der Waals surface area contributed by atoms with E-state index in [0.29, 0.717) is 5.41 Å². The van der Waals surface area contributed by atoms with Crippen molar-refractivity contribution < 1.29 is 0 Å². The molecule has 0 saturated heterocycles. The third-order valence-electron chi connectivity index (χ3n) is 3.96. The Bertz CT molecular complexity index is 399. The summed E-state index contributed by atoms with van der Waals surface area (Å²) in [6.45, 7) is 12.6. The molecule has 0 radical (unpaired) electrons. The quantitative estimate of drug-likeness (QED) is 0.694. The highest BCUT2D eigenvalue weighted by Gasteiger charge is 2.29. The monoisotopic (exact) mass is 217 g/mol. The van der Waals surface area contributed by atoms with Crippen LogP contribution < -0.4 is 5.32 Å². The summed E-state index contributed by atoms with van der Waals surface area (Å²) in [7, 11) is 0. The number of hydrogen-bond acceptors (Lipinski definition) is 1. The molecule has 1 aromatic carbocycles. The molecule has 0 spiro atoms. The van der Waals surface area contributed by atoms with E-state index in [2.05, 4.69) is 52.1 Å². The van der Waals surface area contributed by atoms with Gasteiger partial charge in [0.05, 0.1) is 0 Å². The summed E-state index contributed by atoms with van der Waals surface area (Å²) in [4.78, 5) is 0. The van der Waals surface area contributed by atoms with Crippen LogP contribution in [0.25, 0.3) is 0 Å². The normalized spacial score (nSPS) is 20.2. The highest BCUT2D eigenvalue weighted by molar-refractivity contribution is 5.61. The van der Waals surface area contributed by atoms with Crippen LogP contribution >= 0.6 is 0 Å². The second kappa shape index (κ2) is 3.80. The van der Waals surface area contributed by atoms with E-state index in [0.717, 1.165) is 12.5 Å². The van der Waals surface area contributed by atoms with Crippen molar-refractivity contribution in [3.05, 3.63) is 28.8 Å². The fourth-order valence-corrected chi connectivity index (χ4v) is 2.53. The molecule has 1 atom stereocenters. The standard InChI is InChI=1S/C15H23N/c1-10-6-7-11(2)14-13(10)8-12(9-16-14)15(3,4)5/h6-7,12,16H,8-9H2,1-5H3. The van der Waals surface area contributed by atoms with Crippen molar-refractivity contribution >= 4 is 5.69 Å². The highest BCUT2D eigenvalue weighted by Crippen LogP contribution is 2.37. The molecule has 0 fully saturated rings. The second-order valence-corrected chi connectivity index (χ2v) is 6.20. The van der Waals surface area contributed by atoms with Gasteiger partial charge in [0.2, 0.25) is 0 Å². The molecule has 0 aliphatic carbocycles. The minimum atomic E-state index is 0.390. The van der Waals surface area contributed by atoms with E-state index < -0.39 is 0 Å².